The van der Waals surface area contributed by atoms with Gasteiger partial charge >= 0.3 is 0 Å². The second-order valence-corrected chi connectivity index (χ2v) is 6.77. The number of hydrogen-bond donors (Lipinski definition) is 1. The lowest BCUT2D eigenvalue weighted by atomic mass is 9.92. The monoisotopic (exact) mass is 286 g/mol. The maximum Gasteiger partial charge on any atom is 0.122 e. The highest BCUT2D eigenvalue weighted by atomic mass is 16.5. The fourth-order valence-electron chi connectivity index (χ4n) is 4.41. The topological polar surface area (TPSA) is 24.5 Å². The largest absolute Gasteiger partial charge is 0.493 e. The van der Waals surface area contributed by atoms with Gasteiger partial charge in [-0.05, 0) is 43.9 Å². The number of rotatable bonds is 3. The van der Waals surface area contributed by atoms with Crippen LogP contribution in [-0.4, -0.2) is 43.2 Å². The van der Waals surface area contributed by atoms with Gasteiger partial charge in [0.05, 0.1) is 6.61 Å². The van der Waals surface area contributed by atoms with E-state index in [1.165, 1.54) is 44.3 Å². The fraction of sp³-hybridized carbons (Fsp3) is 0.667. The molecular weight excluding hydrogens is 260 g/mol. The van der Waals surface area contributed by atoms with Crippen molar-refractivity contribution in [1.29, 1.82) is 0 Å². The van der Waals surface area contributed by atoms with Crippen LogP contribution < -0.4 is 10.1 Å². The number of fused-ring (bicyclic) bond motifs is 2. The second-order valence-electron chi connectivity index (χ2n) is 6.77. The molecule has 0 amide bonds. The average molecular weight is 286 g/mol. The van der Waals surface area contributed by atoms with Crippen LogP contribution in [0.25, 0.3) is 0 Å². The number of nitrogens with zero attached hydrogens (tertiary/aromatic N) is 1. The predicted molar refractivity (Wildman–Crippen MR) is 84.9 cm³/mol. The summed E-state index contributed by atoms with van der Waals surface area (Å²) in [5.74, 6) is 1.72. The van der Waals surface area contributed by atoms with Crippen LogP contribution in [0.3, 0.4) is 0 Å². The Bertz CT molecular complexity index is 490. The Morgan fingerprint density at radius 3 is 3.05 bits per heavy atom. The first kappa shape index (κ1) is 13.6. The molecule has 0 saturated carbocycles. The van der Waals surface area contributed by atoms with Crippen molar-refractivity contribution in [2.24, 2.45) is 0 Å². The van der Waals surface area contributed by atoms with Gasteiger partial charge in [0.1, 0.15) is 5.75 Å². The third-order valence-electron chi connectivity index (χ3n) is 5.57. The van der Waals surface area contributed by atoms with E-state index in [1.54, 1.807) is 0 Å². The van der Waals surface area contributed by atoms with Crippen molar-refractivity contribution in [2.45, 2.75) is 50.1 Å². The first-order valence-corrected chi connectivity index (χ1v) is 8.61. The number of para-hydroxylation sites is 1. The molecule has 3 heterocycles. The summed E-state index contributed by atoms with van der Waals surface area (Å²) in [5, 5.41) is 3.89. The van der Waals surface area contributed by atoms with Gasteiger partial charge in [0.15, 0.2) is 0 Å². The van der Waals surface area contributed by atoms with Crippen LogP contribution in [0.4, 0.5) is 0 Å². The molecule has 0 aliphatic carbocycles. The van der Waals surface area contributed by atoms with E-state index in [4.69, 9.17) is 4.74 Å². The van der Waals surface area contributed by atoms with Crippen LogP contribution in [-0.2, 0) is 0 Å². The van der Waals surface area contributed by atoms with E-state index in [9.17, 15) is 0 Å². The lowest BCUT2D eigenvalue weighted by molar-refractivity contribution is 0.178. The van der Waals surface area contributed by atoms with Crippen molar-refractivity contribution in [2.75, 3.05) is 26.2 Å². The molecule has 2 fully saturated rings. The molecule has 3 aliphatic heterocycles. The summed E-state index contributed by atoms with van der Waals surface area (Å²) in [6.45, 7) is 4.59. The minimum atomic E-state index is 0.618. The summed E-state index contributed by atoms with van der Waals surface area (Å²) in [5.41, 5.74) is 1.40. The predicted octanol–water partition coefficient (Wildman–Crippen LogP) is 2.77. The molecule has 114 valence electrons. The molecule has 3 unspecified atom stereocenters. The van der Waals surface area contributed by atoms with Gasteiger partial charge in [-0.25, -0.2) is 0 Å². The highest BCUT2D eigenvalue weighted by Crippen LogP contribution is 2.33. The molecule has 1 N–H and O–H groups in total. The molecule has 0 spiro atoms. The molecule has 3 heteroatoms. The highest BCUT2D eigenvalue weighted by molar-refractivity contribution is 5.37. The lowest BCUT2D eigenvalue weighted by Crippen LogP contribution is -2.46. The van der Waals surface area contributed by atoms with Crippen molar-refractivity contribution >= 4 is 0 Å². The Labute approximate surface area is 127 Å². The SMILES string of the molecule is c1ccc2c(c1)OCCC2CNC1CCN2CCCCC12. The van der Waals surface area contributed by atoms with Gasteiger partial charge < -0.3 is 10.1 Å². The number of hydrogen-bond acceptors (Lipinski definition) is 3. The van der Waals surface area contributed by atoms with Crippen molar-refractivity contribution in [3.8, 4) is 5.75 Å². The molecule has 0 radical (unpaired) electrons. The molecule has 4 rings (SSSR count). The van der Waals surface area contributed by atoms with Crippen molar-refractivity contribution in [3.63, 3.8) is 0 Å². The molecular formula is C18H26N2O. The van der Waals surface area contributed by atoms with Crippen LogP contribution in [0.15, 0.2) is 24.3 Å². The van der Waals surface area contributed by atoms with E-state index in [-0.39, 0.29) is 0 Å². The van der Waals surface area contributed by atoms with Gasteiger partial charge in [-0.1, -0.05) is 24.6 Å². The first-order valence-electron chi connectivity index (χ1n) is 8.61. The fourth-order valence-corrected chi connectivity index (χ4v) is 4.41. The van der Waals surface area contributed by atoms with Crippen molar-refractivity contribution in [3.05, 3.63) is 29.8 Å². The Hall–Kier alpha value is -1.06. The maximum atomic E-state index is 5.78. The number of piperidine rings is 1. The second kappa shape index (κ2) is 5.98. The van der Waals surface area contributed by atoms with Gasteiger partial charge in [-0.3, -0.25) is 4.90 Å². The summed E-state index contributed by atoms with van der Waals surface area (Å²) >= 11 is 0. The lowest BCUT2D eigenvalue weighted by Gasteiger charge is -2.34. The van der Waals surface area contributed by atoms with Crippen LogP contribution in [0.1, 0.15) is 43.6 Å². The number of ether oxygens (including phenoxy) is 1. The van der Waals surface area contributed by atoms with Crippen LogP contribution >= 0.6 is 0 Å². The van der Waals surface area contributed by atoms with Crippen LogP contribution in [0.5, 0.6) is 5.75 Å². The summed E-state index contributed by atoms with van der Waals surface area (Å²) < 4.78 is 5.78. The normalized spacial score (nSPS) is 32.3. The van der Waals surface area contributed by atoms with Gasteiger partial charge in [0.2, 0.25) is 0 Å². The summed E-state index contributed by atoms with van der Waals surface area (Å²) in [4.78, 5) is 2.71. The molecule has 3 atom stereocenters. The Morgan fingerprint density at radius 2 is 2.05 bits per heavy atom. The van der Waals surface area contributed by atoms with Gasteiger partial charge in [-0.2, -0.15) is 0 Å². The quantitative estimate of drug-likeness (QED) is 0.924. The van der Waals surface area contributed by atoms with Crippen molar-refractivity contribution < 1.29 is 4.74 Å². The van der Waals surface area contributed by atoms with Crippen LogP contribution in [0.2, 0.25) is 0 Å². The maximum absolute atomic E-state index is 5.78. The highest BCUT2D eigenvalue weighted by Gasteiger charge is 2.35. The van der Waals surface area contributed by atoms with Gasteiger partial charge in [-0.15, -0.1) is 0 Å². The van der Waals surface area contributed by atoms with E-state index in [0.29, 0.717) is 12.0 Å². The first-order chi connectivity index (χ1) is 10.4. The molecule has 3 aliphatic rings. The third kappa shape index (κ3) is 2.69. The Morgan fingerprint density at radius 1 is 1.10 bits per heavy atom. The number of nitrogens with one attached hydrogen (secondary N) is 1. The molecule has 1 aromatic rings. The molecule has 3 nitrogen and oxygen atoms in total. The molecule has 0 bridgehead atoms. The third-order valence-corrected chi connectivity index (χ3v) is 5.57. The van der Waals surface area contributed by atoms with E-state index in [1.807, 2.05) is 0 Å². The minimum absolute atomic E-state index is 0.618. The van der Waals surface area contributed by atoms with Crippen LogP contribution in [0, 0.1) is 0 Å². The zero-order valence-corrected chi connectivity index (χ0v) is 12.8. The molecule has 21 heavy (non-hydrogen) atoms. The smallest absolute Gasteiger partial charge is 0.122 e. The Kier molecular flexibility index (Phi) is 3.87. The van der Waals surface area contributed by atoms with Gasteiger partial charge in [0, 0.05) is 31.1 Å². The molecule has 1 aromatic carbocycles. The Balaban J connectivity index is 1.39. The molecule has 0 aromatic heterocycles. The van der Waals surface area contributed by atoms with Crippen molar-refractivity contribution in [1.82, 2.24) is 10.2 Å². The minimum Gasteiger partial charge on any atom is -0.493 e. The zero-order valence-electron chi connectivity index (χ0n) is 12.8. The zero-order chi connectivity index (χ0) is 14.1. The van der Waals surface area contributed by atoms with E-state index >= 15 is 0 Å². The summed E-state index contributed by atoms with van der Waals surface area (Å²) in [6, 6.07) is 10.1. The van der Waals surface area contributed by atoms with E-state index < -0.39 is 0 Å². The summed E-state index contributed by atoms with van der Waals surface area (Å²) in [6.07, 6.45) is 6.68. The summed E-state index contributed by atoms with van der Waals surface area (Å²) in [7, 11) is 0. The van der Waals surface area contributed by atoms with E-state index in [0.717, 1.165) is 31.4 Å². The van der Waals surface area contributed by atoms with E-state index in [2.05, 4.69) is 34.5 Å². The standard InChI is InChI=1S/C18H26N2O/c1-2-7-18-15(5-1)14(9-12-21-18)13-19-16-8-11-20-10-4-3-6-17(16)20/h1-2,5,7,14,16-17,19H,3-4,6,8-13H2. The van der Waals surface area contributed by atoms with Gasteiger partial charge in [0.25, 0.3) is 0 Å². The molecule has 2 saturated heterocycles. The number of benzene rings is 1. The average Bonchev–Trinajstić information content (AvgIpc) is 2.96.